The van der Waals surface area contributed by atoms with E-state index >= 15 is 0 Å². The molecule has 0 heterocycles. The lowest BCUT2D eigenvalue weighted by molar-refractivity contribution is 0.337. The van der Waals surface area contributed by atoms with Crippen molar-refractivity contribution in [1.29, 1.82) is 0 Å². The molecule has 0 aliphatic carbocycles. The molecule has 1 unspecified atom stereocenters. The van der Waals surface area contributed by atoms with Gasteiger partial charge in [0.25, 0.3) is 0 Å². The number of benzene rings is 1. The number of rotatable bonds is 5. The van der Waals surface area contributed by atoms with E-state index in [1.54, 1.807) is 12.1 Å². The average molecular weight is 248 g/mol. The Bertz CT molecular complexity index is 355. The standard InChI is InChI=1S/C10H13ClO3S/c1-2-14-10-8(6-7-15(12)13)4-3-5-9(10)11/h3-5H,2,6-7H2,1H3,(H,12,13)/p-1. The number of ether oxygens (including phenoxy) is 1. The van der Waals surface area contributed by atoms with Crippen LogP contribution >= 0.6 is 11.6 Å². The first-order chi connectivity index (χ1) is 7.15. The molecule has 0 radical (unpaired) electrons. The SMILES string of the molecule is CCOc1c(Cl)cccc1CCS(=O)[O-]. The topological polar surface area (TPSA) is 49.4 Å². The highest BCUT2D eigenvalue weighted by Gasteiger charge is 2.07. The predicted molar refractivity (Wildman–Crippen MR) is 60.1 cm³/mol. The van der Waals surface area contributed by atoms with E-state index in [4.69, 9.17) is 16.3 Å². The fourth-order valence-corrected chi connectivity index (χ4v) is 1.88. The van der Waals surface area contributed by atoms with Crippen molar-refractivity contribution in [1.82, 2.24) is 0 Å². The van der Waals surface area contributed by atoms with E-state index < -0.39 is 11.1 Å². The molecule has 0 saturated heterocycles. The molecule has 1 aromatic rings. The van der Waals surface area contributed by atoms with Crippen LogP contribution in [-0.2, 0) is 17.5 Å². The van der Waals surface area contributed by atoms with Gasteiger partial charge in [0, 0.05) is 5.75 Å². The van der Waals surface area contributed by atoms with Gasteiger partial charge in [-0.1, -0.05) is 34.8 Å². The molecular formula is C10H12ClO3S-. The van der Waals surface area contributed by atoms with E-state index in [1.165, 1.54) is 0 Å². The smallest absolute Gasteiger partial charge is 0.141 e. The molecule has 0 N–H and O–H groups in total. The molecule has 0 aromatic heterocycles. The first-order valence-corrected chi connectivity index (χ1v) is 6.23. The van der Waals surface area contributed by atoms with Crippen LogP contribution in [0.1, 0.15) is 12.5 Å². The van der Waals surface area contributed by atoms with Crippen molar-refractivity contribution in [3.63, 3.8) is 0 Å². The molecule has 5 heteroatoms. The maximum atomic E-state index is 10.5. The van der Waals surface area contributed by atoms with Gasteiger partial charge in [-0.2, -0.15) is 0 Å². The molecule has 1 rings (SSSR count). The Balaban J connectivity index is 2.85. The third-order valence-corrected chi connectivity index (χ3v) is 2.71. The van der Waals surface area contributed by atoms with E-state index in [2.05, 4.69) is 0 Å². The molecule has 0 aliphatic rings. The molecule has 1 aromatic carbocycles. The molecule has 3 nitrogen and oxygen atoms in total. The van der Waals surface area contributed by atoms with Crippen molar-refractivity contribution in [3.8, 4) is 5.75 Å². The summed E-state index contributed by atoms with van der Waals surface area (Å²) in [6.45, 7) is 2.37. The molecule has 0 fully saturated rings. The van der Waals surface area contributed by atoms with Crippen LogP contribution in [0.4, 0.5) is 0 Å². The van der Waals surface area contributed by atoms with Crippen molar-refractivity contribution in [3.05, 3.63) is 28.8 Å². The van der Waals surface area contributed by atoms with Crippen LogP contribution in [-0.4, -0.2) is 21.1 Å². The number of aryl methyl sites for hydroxylation is 1. The number of para-hydroxylation sites is 1. The second kappa shape index (κ2) is 6.10. The number of hydrogen-bond acceptors (Lipinski definition) is 3. The lowest BCUT2D eigenvalue weighted by atomic mass is 10.1. The first kappa shape index (κ1) is 12.5. The minimum atomic E-state index is -2.03. The second-order valence-electron chi connectivity index (χ2n) is 2.92. The van der Waals surface area contributed by atoms with E-state index in [0.717, 1.165) is 5.56 Å². The molecule has 0 spiro atoms. The molecule has 0 bridgehead atoms. The van der Waals surface area contributed by atoms with Crippen LogP contribution in [0.25, 0.3) is 0 Å². The first-order valence-electron chi connectivity index (χ1n) is 4.61. The maximum Gasteiger partial charge on any atom is 0.141 e. The van der Waals surface area contributed by atoms with Gasteiger partial charge in [0.1, 0.15) is 5.75 Å². The second-order valence-corrected chi connectivity index (χ2v) is 4.34. The minimum Gasteiger partial charge on any atom is -0.772 e. The summed E-state index contributed by atoms with van der Waals surface area (Å²) in [7, 11) is 0. The predicted octanol–water partition coefficient (Wildman–Crippen LogP) is 2.16. The van der Waals surface area contributed by atoms with E-state index in [0.29, 0.717) is 23.8 Å². The summed E-state index contributed by atoms with van der Waals surface area (Å²) in [4.78, 5) is 0. The Hall–Kier alpha value is -0.580. The highest BCUT2D eigenvalue weighted by atomic mass is 35.5. The van der Waals surface area contributed by atoms with Crippen LogP contribution in [0.3, 0.4) is 0 Å². The van der Waals surface area contributed by atoms with Gasteiger partial charge in [-0.3, -0.25) is 4.21 Å². The van der Waals surface area contributed by atoms with Crippen LogP contribution in [0, 0.1) is 0 Å². The Morgan fingerprint density at radius 1 is 1.53 bits per heavy atom. The molecule has 0 saturated carbocycles. The van der Waals surface area contributed by atoms with Crippen molar-refractivity contribution >= 4 is 22.7 Å². The van der Waals surface area contributed by atoms with Crippen molar-refractivity contribution in [2.75, 3.05) is 12.4 Å². The van der Waals surface area contributed by atoms with Crippen molar-refractivity contribution < 1.29 is 13.5 Å². The lowest BCUT2D eigenvalue weighted by Gasteiger charge is -2.12. The summed E-state index contributed by atoms with van der Waals surface area (Å²) < 4.78 is 26.3. The van der Waals surface area contributed by atoms with Crippen LogP contribution in [0.15, 0.2) is 18.2 Å². The largest absolute Gasteiger partial charge is 0.772 e. The van der Waals surface area contributed by atoms with Gasteiger partial charge in [-0.05, 0) is 25.0 Å². The zero-order chi connectivity index (χ0) is 11.3. The summed E-state index contributed by atoms with van der Waals surface area (Å²) >= 11 is 3.91. The molecule has 0 aliphatic heterocycles. The van der Waals surface area contributed by atoms with Gasteiger partial charge in [0.15, 0.2) is 0 Å². The fourth-order valence-electron chi connectivity index (χ4n) is 1.25. The molecule has 84 valence electrons. The van der Waals surface area contributed by atoms with Gasteiger partial charge in [-0.25, -0.2) is 0 Å². The molecule has 1 atom stereocenters. The highest BCUT2D eigenvalue weighted by Crippen LogP contribution is 2.28. The Morgan fingerprint density at radius 3 is 2.87 bits per heavy atom. The average Bonchev–Trinajstić information content (AvgIpc) is 2.19. The number of hydrogen-bond donors (Lipinski definition) is 0. The zero-order valence-electron chi connectivity index (χ0n) is 8.36. The third kappa shape index (κ3) is 3.81. The van der Waals surface area contributed by atoms with Crippen molar-refractivity contribution in [2.24, 2.45) is 0 Å². The van der Waals surface area contributed by atoms with Gasteiger partial charge >= 0.3 is 0 Å². The van der Waals surface area contributed by atoms with Gasteiger partial charge in [-0.15, -0.1) is 0 Å². The normalized spacial score (nSPS) is 12.5. The third-order valence-electron chi connectivity index (χ3n) is 1.88. The molecular weight excluding hydrogens is 236 g/mol. The summed E-state index contributed by atoms with van der Waals surface area (Å²) in [5.41, 5.74) is 0.827. The van der Waals surface area contributed by atoms with E-state index in [-0.39, 0.29) is 5.75 Å². The Labute approximate surface area is 96.7 Å². The van der Waals surface area contributed by atoms with Gasteiger partial charge in [0.2, 0.25) is 0 Å². The quantitative estimate of drug-likeness (QED) is 0.750. The summed E-state index contributed by atoms with van der Waals surface area (Å²) in [5, 5.41) is 0.519. The van der Waals surface area contributed by atoms with E-state index in [1.807, 2.05) is 13.0 Å². The van der Waals surface area contributed by atoms with Gasteiger partial charge in [0.05, 0.1) is 11.6 Å². The van der Waals surface area contributed by atoms with Crippen LogP contribution in [0.5, 0.6) is 5.75 Å². The highest BCUT2D eigenvalue weighted by molar-refractivity contribution is 7.79. The van der Waals surface area contributed by atoms with Gasteiger partial charge < -0.3 is 9.29 Å². The van der Waals surface area contributed by atoms with Crippen LogP contribution < -0.4 is 4.74 Å². The fraction of sp³-hybridized carbons (Fsp3) is 0.400. The summed E-state index contributed by atoms with van der Waals surface area (Å²) in [6, 6.07) is 5.34. The summed E-state index contributed by atoms with van der Waals surface area (Å²) in [6.07, 6.45) is 0.423. The molecule has 0 amide bonds. The number of halogens is 1. The Morgan fingerprint density at radius 2 is 2.27 bits per heavy atom. The zero-order valence-corrected chi connectivity index (χ0v) is 9.94. The van der Waals surface area contributed by atoms with E-state index in [9.17, 15) is 8.76 Å². The lowest BCUT2D eigenvalue weighted by Crippen LogP contribution is -2.03. The monoisotopic (exact) mass is 247 g/mol. The minimum absolute atomic E-state index is 0.0837. The van der Waals surface area contributed by atoms with Crippen LogP contribution in [0.2, 0.25) is 5.02 Å². The molecule has 15 heavy (non-hydrogen) atoms. The summed E-state index contributed by atoms with van der Waals surface area (Å²) in [5.74, 6) is 0.674. The Kier molecular flexibility index (Phi) is 5.08. The van der Waals surface area contributed by atoms with Crippen molar-refractivity contribution in [2.45, 2.75) is 13.3 Å². The maximum absolute atomic E-state index is 10.5.